The van der Waals surface area contributed by atoms with E-state index in [1.54, 1.807) is 49.3 Å². The number of benzene rings is 1. The number of anilines is 1. The Bertz CT molecular complexity index is 683. The minimum Gasteiger partial charge on any atom is -0.497 e. The van der Waals surface area contributed by atoms with Gasteiger partial charge in [-0.2, -0.15) is 8.42 Å². The van der Waals surface area contributed by atoms with Crippen molar-refractivity contribution >= 4 is 21.7 Å². The molecule has 1 fully saturated rings. The molecule has 0 aliphatic carbocycles. The predicted molar refractivity (Wildman–Crippen MR) is 88.0 cm³/mol. The van der Waals surface area contributed by atoms with Crippen LogP contribution in [-0.4, -0.2) is 39.8 Å². The molecule has 0 aromatic heterocycles. The minimum atomic E-state index is -3.63. The number of hydrogen-bond donors (Lipinski definition) is 0. The maximum Gasteiger partial charge on any atom is 0.264 e. The average molecular weight is 339 g/mol. The number of hydrogen-bond acceptors (Lipinski definition) is 5. The summed E-state index contributed by atoms with van der Waals surface area (Å²) in [6.07, 6.45) is 2.28. The highest BCUT2D eigenvalue weighted by atomic mass is 32.2. The summed E-state index contributed by atoms with van der Waals surface area (Å²) in [4.78, 5) is 13.8. The second-order valence-electron chi connectivity index (χ2n) is 5.55. The maximum absolute atomic E-state index is 12.3. The largest absolute Gasteiger partial charge is 0.497 e. The van der Waals surface area contributed by atoms with Gasteiger partial charge in [-0.3, -0.25) is 8.98 Å². The van der Waals surface area contributed by atoms with Crippen molar-refractivity contribution < 1.29 is 22.1 Å². The van der Waals surface area contributed by atoms with E-state index < -0.39 is 16.2 Å². The molecule has 0 spiro atoms. The molecule has 6 nitrogen and oxygen atoms in total. The minimum absolute atomic E-state index is 0.0636. The van der Waals surface area contributed by atoms with E-state index in [1.807, 2.05) is 0 Å². The first-order valence-corrected chi connectivity index (χ1v) is 9.06. The molecule has 1 aliphatic heterocycles. The molecule has 1 amide bonds. The predicted octanol–water partition coefficient (Wildman–Crippen LogP) is 1.97. The third-order valence-corrected chi connectivity index (χ3v) is 4.46. The molecule has 2 unspecified atom stereocenters. The monoisotopic (exact) mass is 339 g/mol. The van der Waals surface area contributed by atoms with Crippen LogP contribution in [0.15, 0.2) is 36.9 Å². The zero-order valence-electron chi connectivity index (χ0n) is 13.4. The Morgan fingerprint density at radius 2 is 1.96 bits per heavy atom. The summed E-state index contributed by atoms with van der Waals surface area (Å²) in [6, 6.07) is 6.68. The second kappa shape index (κ2) is 6.72. The van der Waals surface area contributed by atoms with Crippen LogP contribution in [0.3, 0.4) is 0 Å². The third kappa shape index (κ3) is 3.73. The lowest BCUT2D eigenvalue weighted by atomic mass is 9.83. The first kappa shape index (κ1) is 17.5. The second-order valence-corrected chi connectivity index (χ2v) is 7.15. The molecule has 126 valence electrons. The van der Waals surface area contributed by atoms with Crippen LogP contribution in [0.4, 0.5) is 5.69 Å². The van der Waals surface area contributed by atoms with Crippen LogP contribution in [0.5, 0.6) is 5.75 Å². The van der Waals surface area contributed by atoms with E-state index in [0.29, 0.717) is 17.9 Å². The average Bonchev–Trinajstić information content (AvgIpc) is 2.50. The molecule has 1 aliphatic rings. The summed E-state index contributed by atoms with van der Waals surface area (Å²) in [5.74, 6) is 0.302. The van der Waals surface area contributed by atoms with Gasteiger partial charge in [-0.15, -0.1) is 6.58 Å². The van der Waals surface area contributed by atoms with Crippen LogP contribution in [-0.2, 0) is 19.1 Å². The highest BCUT2D eigenvalue weighted by molar-refractivity contribution is 7.86. The van der Waals surface area contributed by atoms with Crippen LogP contribution in [0, 0.1) is 5.92 Å². The fourth-order valence-corrected chi connectivity index (χ4v) is 3.45. The molecule has 1 aromatic rings. The van der Waals surface area contributed by atoms with Gasteiger partial charge >= 0.3 is 0 Å². The van der Waals surface area contributed by atoms with Crippen molar-refractivity contribution in [1.29, 1.82) is 0 Å². The molecule has 1 saturated heterocycles. The van der Waals surface area contributed by atoms with Crippen molar-refractivity contribution in [1.82, 2.24) is 0 Å². The van der Waals surface area contributed by atoms with Crippen LogP contribution < -0.4 is 9.64 Å². The Labute approximate surface area is 136 Å². The Hall–Kier alpha value is -1.86. The first-order valence-electron chi connectivity index (χ1n) is 7.24. The van der Waals surface area contributed by atoms with Crippen molar-refractivity contribution in [3.8, 4) is 5.75 Å². The number of nitrogens with zero attached hydrogens (tertiary/aromatic N) is 1. The van der Waals surface area contributed by atoms with Crippen molar-refractivity contribution in [3.63, 3.8) is 0 Å². The van der Waals surface area contributed by atoms with Gasteiger partial charge in [0.1, 0.15) is 11.9 Å². The first-order chi connectivity index (χ1) is 10.8. The molecule has 1 heterocycles. The highest BCUT2D eigenvalue weighted by Crippen LogP contribution is 2.37. The van der Waals surface area contributed by atoms with E-state index in [4.69, 9.17) is 8.92 Å². The number of β-lactam (4-membered cyclic amide) rings is 1. The third-order valence-electron chi connectivity index (χ3n) is 3.87. The van der Waals surface area contributed by atoms with Gasteiger partial charge in [0.15, 0.2) is 0 Å². The lowest BCUT2D eigenvalue weighted by Gasteiger charge is -2.48. The fourth-order valence-electron chi connectivity index (χ4n) is 2.81. The van der Waals surface area contributed by atoms with E-state index >= 15 is 0 Å². The molecular formula is C16H21NO5S. The van der Waals surface area contributed by atoms with E-state index in [0.717, 1.165) is 6.26 Å². The van der Waals surface area contributed by atoms with Gasteiger partial charge in [0.2, 0.25) is 5.91 Å². The number of ether oxygens (including phenoxy) is 1. The fraction of sp³-hybridized carbons (Fsp3) is 0.438. The van der Waals surface area contributed by atoms with E-state index in [-0.39, 0.29) is 17.9 Å². The van der Waals surface area contributed by atoms with Gasteiger partial charge in [0, 0.05) is 5.69 Å². The molecule has 7 heteroatoms. The summed E-state index contributed by atoms with van der Waals surface area (Å²) in [7, 11) is -2.07. The number of carbonyl (C=O) groups is 1. The number of rotatable bonds is 7. The lowest BCUT2D eigenvalue weighted by molar-refractivity contribution is -0.131. The smallest absolute Gasteiger partial charge is 0.264 e. The van der Waals surface area contributed by atoms with Gasteiger partial charge in [-0.1, -0.05) is 13.0 Å². The number of carbonyl (C=O) groups excluding carboxylic acids is 1. The quantitative estimate of drug-likeness (QED) is 0.431. The molecular weight excluding hydrogens is 318 g/mol. The zero-order valence-corrected chi connectivity index (χ0v) is 14.2. The molecule has 0 N–H and O–H groups in total. The topological polar surface area (TPSA) is 72.9 Å². The Morgan fingerprint density at radius 3 is 2.43 bits per heavy atom. The lowest BCUT2D eigenvalue weighted by Crippen LogP contribution is -2.65. The van der Waals surface area contributed by atoms with Crippen molar-refractivity contribution in [2.24, 2.45) is 5.92 Å². The van der Waals surface area contributed by atoms with Crippen molar-refractivity contribution in [2.75, 3.05) is 18.3 Å². The molecule has 3 atom stereocenters. The standard InChI is InChI=1S/C16H21NO5S/c1-5-6-14(22-23(4,19)20)15-11(2)16(18)17(15)12-7-9-13(21-3)10-8-12/h5,7-11,14-15H,1,6H2,2-4H3/t11-,14?,15?/m1/s1. The summed E-state index contributed by atoms with van der Waals surface area (Å²) in [5, 5.41) is 0. The van der Waals surface area contributed by atoms with Crippen LogP contribution in [0.2, 0.25) is 0 Å². The number of amides is 1. The van der Waals surface area contributed by atoms with Gasteiger partial charge in [0.25, 0.3) is 10.1 Å². The Morgan fingerprint density at radius 1 is 1.35 bits per heavy atom. The SMILES string of the molecule is C=CCC(OS(C)(=O)=O)C1[C@@H](C)C(=O)N1c1ccc(OC)cc1. The van der Waals surface area contributed by atoms with E-state index in [2.05, 4.69) is 6.58 Å². The van der Waals surface area contributed by atoms with Crippen LogP contribution >= 0.6 is 0 Å². The van der Waals surface area contributed by atoms with Gasteiger partial charge in [-0.25, -0.2) is 0 Å². The Kier molecular flexibility index (Phi) is 5.11. The normalized spacial score (nSPS) is 22.4. The highest BCUT2D eigenvalue weighted by Gasteiger charge is 2.50. The zero-order chi connectivity index (χ0) is 17.2. The summed E-state index contributed by atoms with van der Waals surface area (Å²) < 4.78 is 33.3. The summed E-state index contributed by atoms with van der Waals surface area (Å²) in [5.41, 5.74) is 0.685. The molecule has 23 heavy (non-hydrogen) atoms. The summed E-state index contributed by atoms with van der Waals surface area (Å²) in [6.45, 7) is 5.41. The molecule has 2 rings (SSSR count). The van der Waals surface area contributed by atoms with Gasteiger partial charge < -0.3 is 9.64 Å². The molecule has 0 radical (unpaired) electrons. The van der Waals surface area contributed by atoms with Crippen molar-refractivity contribution in [2.45, 2.75) is 25.5 Å². The van der Waals surface area contributed by atoms with E-state index in [9.17, 15) is 13.2 Å². The van der Waals surface area contributed by atoms with Gasteiger partial charge in [-0.05, 0) is 30.7 Å². The maximum atomic E-state index is 12.3. The van der Waals surface area contributed by atoms with Crippen molar-refractivity contribution in [3.05, 3.63) is 36.9 Å². The van der Waals surface area contributed by atoms with E-state index in [1.165, 1.54) is 0 Å². The van der Waals surface area contributed by atoms with Crippen LogP contribution in [0.1, 0.15) is 13.3 Å². The van der Waals surface area contributed by atoms with Gasteiger partial charge in [0.05, 0.1) is 25.3 Å². The van der Waals surface area contributed by atoms with Crippen LogP contribution in [0.25, 0.3) is 0 Å². The number of methoxy groups -OCH3 is 1. The Balaban J connectivity index is 2.29. The molecule has 0 saturated carbocycles. The summed E-state index contributed by atoms with van der Waals surface area (Å²) >= 11 is 0. The molecule has 1 aromatic carbocycles. The molecule has 0 bridgehead atoms.